The molecule has 1 saturated heterocycles. The van der Waals surface area contributed by atoms with E-state index >= 15 is 0 Å². The van der Waals surface area contributed by atoms with Crippen molar-refractivity contribution in [3.63, 3.8) is 0 Å². The number of hydrogen-bond donors (Lipinski definition) is 1. The summed E-state index contributed by atoms with van der Waals surface area (Å²) in [6, 6.07) is 0.675. The summed E-state index contributed by atoms with van der Waals surface area (Å²) in [5.41, 5.74) is 0. The fourth-order valence-corrected chi connectivity index (χ4v) is 1.97. The van der Waals surface area contributed by atoms with Gasteiger partial charge in [0.15, 0.2) is 0 Å². The minimum atomic E-state index is 0.675. The third kappa shape index (κ3) is 5.50. The van der Waals surface area contributed by atoms with E-state index in [1.165, 1.54) is 38.8 Å². The maximum atomic E-state index is 5.38. The lowest BCUT2D eigenvalue weighted by atomic mass is 10.2. The molecule has 0 aromatic rings. The fraction of sp³-hybridized carbons (Fsp3) is 1.00. The average Bonchev–Trinajstić information content (AvgIpc) is 2.76. The zero-order valence-electron chi connectivity index (χ0n) is 10.3. The molecule has 0 aromatic carbocycles. The maximum absolute atomic E-state index is 5.38. The predicted octanol–water partition coefficient (Wildman–Crippen LogP) is 1.49. The molecular formula is C12H26N2O. The van der Waals surface area contributed by atoms with Crippen LogP contribution in [-0.2, 0) is 4.74 Å². The van der Waals surface area contributed by atoms with Crippen LogP contribution in [-0.4, -0.2) is 50.8 Å². The number of nitrogens with zero attached hydrogens (tertiary/aromatic N) is 1. The van der Waals surface area contributed by atoms with Crippen molar-refractivity contribution in [2.75, 3.05) is 39.9 Å². The molecule has 1 atom stereocenters. The first-order valence-corrected chi connectivity index (χ1v) is 6.33. The molecule has 1 aliphatic heterocycles. The lowest BCUT2D eigenvalue weighted by molar-refractivity contribution is 0.158. The molecule has 0 aliphatic carbocycles. The Morgan fingerprint density at radius 3 is 2.87 bits per heavy atom. The SMILES string of the molecule is CCCNCCCCN(C)C1CCOC1. The molecule has 0 aromatic heterocycles. The van der Waals surface area contributed by atoms with Gasteiger partial charge in [-0.2, -0.15) is 0 Å². The van der Waals surface area contributed by atoms with Crippen LogP contribution in [0.25, 0.3) is 0 Å². The predicted molar refractivity (Wildman–Crippen MR) is 64.2 cm³/mol. The molecule has 1 aliphatic rings. The van der Waals surface area contributed by atoms with E-state index in [-0.39, 0.29) is 0 Å². The molecule has 0 spiro atoms. The van der Waals surface area contributed by atoms with Gasteiger partial charge in [-0.25, -0.2) is 0 Å². The quantitative estimate of drug-likeness (QED) is 0.620. The summed E-state index contributed by atoms with van der Waals surface area (Å²) in [5, 5.41) is 3.44. The summed E-state index contributed by atoms with van der Waals surface area (Å²) >= 11 is 0. The molecule has 1 heterocycles. The Morgan fingerprint density at radius 2 is 2.20 bits per heavy atom. The van der Waals surface area contributed by atoms with Crippen molar-refractivity contribution in [1.82, 2.24) is 10.2 Å². The van der Waals surface area contributed by atoms with Gasteiger partial charge in [0.05, 0.1) is 6.61 Å². The summed E-state index contributed by atoms with van der Waals surface area (Å²) in [6.45, 7) is 7.63. The van der Waals surface area contributed by atoms with E-state index in [0.29, 0.717) is 6.04 Å². The summed E-state index contributed by atoms with van der Waals surface area (Å²) < 4.78 is 5.38. The number of unbranched alkanes of at least 4 members (excludes halogenated alkanes) is 1. The molecular weight excluding hydrogens is 188 g/mol. The first kappa shape index (κ1) is 12.9. The minimum absolute atomic E-state index is 0.675. The molecule has 3 nitrogen and oxygen atoms in total. The first-order chi connectivity index (χ1) is 7.34. The second kappa shape index (κ2) is 8.08. The summed E-state index contributed by atoms with van der Waals surface area (Å²) in [6.07, 6.45) is 5.03. The lowest BCUT2D eigenvalue weighted by Gasteiger charge is -2.22. The zero-order chi connectivity index (χ0) is 10.9. The summed E-state index contributed by atoms with van der Waals surface area (Å²) in [7, 11) is 2.22. The van der Waals surface area contributed by atoms with Crippen LogP contribution in [0.4, 0.5) is 0 Å². The number of rotatable bonds is 8. The largest absolute Gasteiger partial charge is 0.380 e. The molecule has 0 saturated carbocycles. The molecule has 1 unspecified atom stereocenters. The van der Waals surface area contributed by atoms with Gasteiger partial charge in [0, 0.05) is 12.6 Å². The fourth-order valence-electron chi connectivity index (χ4n) is 1.97. The van der Waals surface area contributed by atoms with Crippen molar-refractivity contribution < 1.29 is 4.74 Å². The Balaban J connectivity index is 1.90. The van der Waals surface area contributed by atoms with E-state index < -0.39 is 0 Å². The van der Waals surface area contributed by atoms with E-state index in [1.807, 2.05) is 0 Å². The number of likely N-dealkylation sites (N-methyl/N-ethyl adjacent to an activating group) is 1. The Morgan fingerprint density at radius 1 is 1.33 bits per heavy atom. The zero-order valence-corrected chi connectivity index (χ0v) is 10.3. The third-order valence-corrected chi connectivity index (χ3v) is 3.07. The second-order valence-corrected chi connectivity index (χ2v) is 4.46. The van der Waals surface area contributed by atoms with Crippen LogP contribution < -0.4 is 5.32 Å². The first-order valence-electron chi connectivity index (χ1n) is 6.33. The van der Waals surface area contributed by atoms with Gasteiger partial charge >= 0.3 is 0 Å². The van der Waals surface area contributed by atoms with Crippen LogP contribution in [0.2, 0.25) is 0 Å². The molecule has 0 bridgehead atoms. The normalized spacial score (nSPS) is 21.4. The Kier molecular flexibility index (Phi) is 6.98. The van der Waals surface area contributed by atoms with Gasteiger partial charge in [-0.05, 0) is 52.4 Å². The van der Waals surface area contributed by atoms with Crippen LogP contribution >= 0.6 is 0 Å². The van der Waals surface area contributed by atoms with Crippen LogP contribution in [0.3, 0.4) is 0 Å². The Labute approximate surface area is 94.2 Å². The van der Waals surface area contributed by atoms with Crippen LogP contribution in [0.1, 0.15) is 32.6 Å². The van der Waals surface area contributed by atoms with E-state index in [4.69, 9.17) is 4.74 Å². The van der Waals surface area contributed by atoms with Crippen molar-refractivity contribution >= 4 is 0 Å². The second-order valence-electron chi connectivity index (χ2n) is 4.46. The van der Waals surface area contributed by atoms with E-state index in [0.717, 1.165) is 19.8 Å². The highest BCUT2D eigenvalue weighted by molar-refractivity contribution is 4.72. The van der Waals surface area contributed by atoms with Crippen LogP contribution in [0.5, 0.6) is 0 Å². The molecule has 0 radical (unpaired) electrons. The van der Waals surface area contributed by atoms with Crippen molar-refractivity contribution in [2.45, 2.75) is 38.6 Å². The number of nitrogens with one attached hydrogen (secondary N) is 1. The van der Waals surface area contributed by atoms with Crippen LogP contribution in [0, 0.1) is 0 Å². The Hall–Kier alpha value is -0.120. The Bertz CT molecular complexity index is 147. The van der Waals surface area contributed by atoms with Crippen molar-refractivity contribution in [1.29, 1.82) is 0 Å². The molecule has 90 valence electrons. The van der Waals surface area contributed by atoms with Crippen molar-refractivity contribution in [3.8, 4) is 0 Å². The monoisotopic (exact) mass is 214 g/mol. The minimum Gasteiger partial charge on any atom is -0.380 e. The van der Waals surface area contributed by atoms with Crippen LogP contribution in [0.15, 0.2) is 0 Å². The van der Waals surface area contributed by atoms with Gasteiger partial charge in [-0.1, -0.05) is 6.92 Å². The smallest absolute Gasteiger partial charge is 0.0622 e. The maximum Gasteiger partial charge on any atom is 0.0622 e. The van der Waals surface area contributed by atoms with Crippen molar-refractivity contribution in [2.24, 2.45) is 0 Å². The highest BCUT2D eigenvalue weighted by Crippen LogP contribution is 2.10. The average molecular weight is 214 g/mol. The molecule has 3 heteroatoms. The van der Waals surface area contributed by atoms with Gasteiger partial charge in [-0.3, -0.25) is 0 Å². The molecule has 1 fully saturated rings. The number of hydrogen-bond acceptors (Lipinski definition) is 3. The highest BCUT2D eigenvalue weighted by atomic mass is 16.5. The van der Waals surface area contributed by atoms with E-state index in [1.54, 1.807) is 0 Å². The van der Waals surface area contributed by atoms with Crippen molar-refractivity contribution in [3.05, 3.63) is 0 Å². The third-order valence-electron chi connectivity index (χ3n) is 3.07. The lowest BCUT2D eigenvalue weighted by Crippen LogP contribution is -2.33. The molecule has 1 rings (SSSR count). The molecule has 15 heavy (non-hydrogen) atoms. The van der Waals surface area contributed by atoms with E-state index in [2.05, 4.69) is 24.2 Å². The summed E-state index contributed by atoms with van der Waals surface area (Å²) in [5.74, 6) is 0. The number of ether oxygens (including phenoxy) is 1. The summed E-state index contributed by atoms with van der Waals surface area (Å²) in [4.78, 5) is 2.45. The van der Waals surface area contributed by atoms with Gasteiger partial charge in [0.25, 0.3) is 0 Å². The molecule has 0 amide bonds. The molecule has 1 N–H and O–H groups in total. The van der Waals surface area contributed by atoms with Gasteiger partial charge in [0.1, 0.15) is 0 Å². The topological polar surface area (TPSA) is 24.5 Å². The highest BCUT2D eigenvalue weighted by Gasteiger charge is 2.19. The van der Waals surface area contributed by atoms with E-state index in [9.17, 15) is 0 Å². The van der Waals surface area contributed by atoms with Gasteiger partial charge < -0.3 is 15.0 Å². The van der Waals surface area contributed by atoms with Gasteiger partial charge in [-0.15, -0.1) is 0 Å². The van der Waals surface area contributed by atoms with Gasteiger partial charge in [0.2, 0.25) is 0 Å². The standard InChI is InChI=1S/C12H26N2O/c1-3-7-13-8-4-5-9-14(2)12-6-10-15-11-12/h12-13H,3-11H2,1-2H3.